The summed E-state index contributed by atoms with van der Waals surface area (Å²) < 4.78 is 18.1. The number of benzene rings is 1. The zero-order valence-corrected chi connectivity index (χ0v) is 18.4. The zero-order chi connectivity index (χ0) is 23.8. The van der Waals surface area contributed by atoms with Crippen LogP contribution in [0.2, 0.25) is 0 Å². The van der Waals surface area contributed by atoms with E-state index in [1.807, 2.05) is 30.3 Å². The molecule has 2 aliphatic rings. The molecule has 34 heavy (non-hydrogen) atoms. The molecule has 9 heteroatoms. The number of hydrogen-bond acceptors (Lipinski definition) is 6. The molecule has 0 radical (unpaired) electrons. The average molecular weight is 462 g/mol. The molecular weight excluding hydrogens is 439 g/mol. The van der Waals surface area contributed by atoms with Crippen molar-refractivity contribution in [2.45, 2.75) is 25.4 Å². The van der Waals surface area contributed by atoms with Gasteiger partial charge in [-0.15, -0.1) is 0 Å². The van der Waals surface area contributed by atoms with Gasteiger partial charge in [-0.3, -0.25) is 14.4 Å². The predicted molar refractivity (Wildman–Crippen MR) is 124 cm³/mol. The summed E-state index contributed by atoms with van der Waals surface area (Å²) in [6.07, 6.45) is 1.06. The van der Waals surface area contributed by atoms with Gasteiger partial charge in [0.1, 0.15) is 12.0 Å². The van der Waals surface area contributed by atoms with Crippen LogP contribution in [0, 0.1) is 11.8 Å². The van der Waals surface area contributed by atoms with Gasteiger partial charge in [-0.25, -0.2) is 9.37 Å². The molecular formula is C25H23FN4O4. The fourth-order valence-corrected chi connectivity index (χ4v) is 4.31. The third-order valence-electron chi connectivity index (χ3n) is 6.17. The quantitative estimate of drug-likeness (QED) is 0.477. The van der Waals surface area contributed by atoms with Crippen LogP contribution in [0.25, 0.3) is 11.3 Å². The summed E-state index contributed by atoms with van der Waals surface area (Å²) in [5, 5.41) is 6.00. The van der Waals surface area contributed by atoms with E-state index < -0.39 is 29.9 Å². The van der Waals surface area contributed by atoms with Crippen molar-refractivity contribution in [3.8, 4) is 11.3 Å². The van der Waals surface area contributed by atoms with Crippen LogP contribution in [0.4, 0.5) is 21.6 Å². The molecule has 174 valence electrons. The molecule has 2 heterocycles. The van der Waals surface area contributed by atoms with Crippen LogP contribution in [-0.4, -0.2) is 40.9 Å². The molecule has 5 rings (SSSR count). The van der Waals surface area contributed by atoms with Crippen LogP contribution < -0.4 is 10.6 Å². The number of pyridine rings is 1. The van der Waals surface area contributed by atoms with E-state index in [1.54, 1.807) is 12.1 Å². The first kappa shape index (κ1) is 21.8. The number of H-pyrrole nitrogens is 1. The minimum atomic E-state index is -1.10. The van der Waals surface area contributed by atoms with Gasteiger partial charge in [-0.1, -0.05) is 18.2 Å². The first-order valence-electron chi connectivity index (χ1n) is 11.0. The molecule has 2 aromatic heterocycles. The molecule has 3 aromatic rings. The van der Waals surface area contributed by atoms with E-state index in [0.717, 1.165) is 5.69 Å². The maximum absolute atomic E-state index is 13.3. The molecule has 0 bridgehead atoms. The number of alkyl halides is 1. The number of methoxy groups -OCH3 is 1. The Bertz CT molecular complexity index is 1270. The Morgan fingerprint density at radius 3 is 2.65 bits per heavy atom. The summed E-state index contributed by atoms with van der Waals surface area (Å²) in [4.78, 5) is 44.9. The van der Waals surface area contributed by atoms with Gasteiger partial charge in [-0.05, 0) is 30.7 Å². The number of carbonyl (C=O) groups excluding carboxylic acids is 3. The number of aromatic amines is 1. The van der Waals surface area contributed by atoms with E-state index in [0.29, 0.717) is 40.4 Å². The highest BCUT2D eigenvalue weighted by atomic mass is 19.1. The number of rotatable bonds is 6. The highest BCUT2D eigenvalue weighted by molar-refractivity contribution is 6.09. The van der Waals surface area contributed by atoms with Crippen LogP contribution in [0.1, 0.15) is 28.9 Å². The molecule has 2 aliphatic carbocycles. The minimum Gasteiger partial charge on any atom is -0.469 e. The van der Waals surface area contributed by atoms with Crippen LogP contribution in [-0.2, 0) is 20.7 Å². The Balaban J connectivity index is 1.54. The summed E-state index contributed by atoms with van der Waals surface area (Å²) in [6, 6.07) is 12.8. The fourth-order valence-electron chi connectivity index (χ4n) is 4.31. The molecule has 3 atom stereocenters. The van der Waals surface area contributed by atoms with Crippen LogP contribution in [0.5, 0.6) is 0 Å². The highest BCUT2D eigenvalue weighted by Gasteiger charge is 2.43. The van der Waals surface area contributed by atoms with Crippen LogP contribution in [0.15, 0.2) is 48.7 Å². The van der Waals surface area contributed by atoms with E-state index in [2.05, 4.69) is 20.6 Å². The smallest absolute Gasteiger partial charge is 0.309 e. The lowest BCUT2D eigenvalue weighted by atomic mass is 9.86. The highest BCUT2D eigenvalue weighted by Crippen LogP contribution is 2.41. The number of aromatic nitrogens is 2. The molecule has 1 saturated carbocycles. The number of hydrogen-bond donors (Lipinski definition) is 3. The van der Waals surface area contributed by atoms with Gasteiger partial charge in [0, 0.05) is 36.0 Å². The summed E-state index contributed by atoms with van der Waals surface area (Å²) in [6.45, 7) is 0. The van der Waals surface area contributed by atoms with Gasteiger partial charge < -0.3 is 20.4 Å². The van der Waals surface area contributed by atoms with Crippen LogP contribution in [0.3, 0.4) is 0 Å². The molecule has 1 aromatic carbocycles. The van der Waals surface area contributed by atoms with Crippen molar-refractivity contribution in [1.82, 2.24) is 9.97 Å². The molecule has 2 unspecified atom stereocenters. The second-order valence-corrected chi connectivity index (χ2v) is 8.55. The Hall–Kier alpha value is -4.01. The van der Waals surface area contributed by atoms with Crippen LogP contribution >= 0.6 is 0 Å². The summed E-state index contributed by atoms with van der Waals surface area (Å²) in [5.41, 5.74) is 3.82. The first-order chi connectivity index (χ1) is 16.4. The zero-order valence-electron chi connectivity index (χ0n) is 18.4. The van der Waals surface area contributed by atoms with E-state index in [4.69, 9.17) is 4.74 Å². The van der Waals surface area contributed by atoms with Gasteiger partial charge in [0.2, 0.25) is 5.91 Å². The number of ether oxygens (including phenoxy) is 1. The van der Waals surface area contributed by atoms with Crippen molar-refractivity contribution in [3.05, 3.63) is 59.9 Å². The van der Waals surface area contributed by atoms with Crippen molar-refractivity contribution < 1.29 is 23.5 Å². The number of carbonyl (C=O) groups is 3. The Morgan fingerprint density at radius 1 is 1.18 bits per heavy atom. The van der Waals surface area contributed by atoms with E-state index in [-0.39, 0.29) is 18.6 Å². The predicted octanol–water partition coefficient (Wildman–Crippen LogP) is 4.03. The lowest BCUT2D eigenvalue weighted by Crippen LogP contribution is -2.27. The second kappa shape index (κ2) is 8.74. The molecule has 3 N–H and O–H groups in total. The van der Waals surface area contributed by atoms with Crippen molar-refractivity contribution >= 4 is 34.9 Å². The summed E-state index contributed by atoms with van der Waals surface area (Å²) in [5.74, 6) is -1.89. The molecule has 0 aliphatic heterocycles. The van der Waals surface area contributed by atoms with Gasteiger partial charge in [0.15, 0.2) is 5.78 Å². The number of para-hydroxylation sites is 1. The van der Waals surface area contributed by atoms with Gasteiger partial charge in [0.05, 0.1) is 35.9 Å². The maximum atomic E-state index is 13.3. The van der Waals surface area contributed by atoms with E-state index >= 15 is 0 Å². The second-order valence-electron chi connectivity index (χ2n) is 8.55. The number of nitrogens with zero attached hydrogens (tertiary/aromatic N) is 1. The maximum Gasteiger partial charge on any atom is 0.309 e. The number of nitrogens with one attached hydrogen (secondary N) is 3. The minimum absolute atomic E-state index is 0.0594. The number of esters is 1. The van der Waals surface area contributed by atoms with Gasteiger partial charge in [0.25, 0.3) is 0 Å². The van der Waals surface area contributed by atoms with Crippen molar-refractivity contribution in [2.24, 2.45) is 11.8 Å². The Labute approximate surface area is 194 Å². The topological polar surface area (TPSA) is 113 Å². The molecule has 0 saturated heterocycles. The van der Waals surface area contributed by atoms with Crippen molar-refractivity contribution in [3.63, 3.8) is 0 Å². The van der Waals surface area contributed by atoms with E-state index in [9.17, 15) is 18.8 Å². The number of ketones is 1. The summed E-state index contributed by atoms with van der Waals surface area (Å²) in [7, 11) is 1.31. The van der Waals surface area contributed by atoms with E-state index in [1.165, 1.54) is 13.3 Å². The Morgan fingerprint density at radius 2 is 1.94 bits per heavy atom. The lowest BCUT2D eigenvalue weighted by Gasteiger charge is -2.20. The standard InChI is InChI=1S/C25H23FN4O4/c1-34-25(33)14-9-18-21(19(31)10-14)23(28-15-5-3-2-4-6-15)22(29-18)13-7-8-27-20(11-13)30-24(32)16-12-17(16)26/h2-8,11,14,16-17,28-29H,9-10,12H2,1H3,(H,27,30,32)/t14?,16?,17-/m1/s1. The first-order valence-corrected chi connectivity index (χ1v) is 11.0. The normalized spacial score (nSPS) is 20.9. The molecule has 8 nitrogen and oxygen atoms in total. The number of anilines is 3. The number of fused-ring (bicyclic) bond motifs is 1. The molecule has 1 amide bonds. The monoisotopic (exact) mass is 462 g/mol. The third kappa shape index (κ3) is 4.16. The largest absolute Gasteiger partial charge is 0.469 e. The summed E-state index contributed by atoms with van der Waals surface area (Å²) >= 11 is 0. The SMILES string of the molecule is COC(=O)C1CC(=O)c2c([nH]c(-c3ccnc(NC(=O)C4C[C@H]4F)c3)c2Nc2ccccc2)C1. The lowest BCUT2D eigenvalue weighted by molar-refractivity contribution is -0.145. The molecule has 1 fully saturated rings. The number of halogens is 1. The average Bonchev–Trinajstić information content (AvgIpc) is 3.47. The van der Waals surface area contributed by atoms with Crippen molar-refractivity contribution in [2.75, 3.05) is 17.7 Å². The van der Waals surface area contributed by atoms with Gasteiger partial charge in [-0.2, -0.15) is 0 Å². The van der Waals surface area contributed by atoms with Crippen molar-refractivity contribution in [1.29, 1.82) is 0 Å². The fraction of sp³-hybridized carbons (Fsp3) is 0.280. The number of Topliss-reactive ketones (excluding diaryl/α,β-unsaturated/α-hetero) is 1. The Kier molecular flexibility index (Phi) is 5.61. The molecule has 0 spiro atoms. The number of amides is 1. The van der Waals surface area contributed by atoms with Gasteiger partial charge >= 0.3 is 5.97 Å². The third-order valence-corrected chi connectivity index (χ3v) is 6.17.